The highest BCUT2D eigenvalue weighted by atomic mass is 32.2. The number of anilines is 2. The number of hydrogen-bond acceptors (Lipinski definition) is 5. The molecular formula is C20H18F5N5O2S. The lowest BCUT2D eigenvalue weighted by atomic mass is 10.1. The minimum absolute atomic E-state index is 0.0652. The summed E-state index contributed by atoms with van der Waals surface area (Å²) in [5, 5.41) is 2.88. The molecule has 1 aromatic carbocycles. The number of imidazole rings is 1. The summed E-state index contributed by atoms with van der Waals surface area (Å²) in [6, 6.07) is 6.11. The maximum absolute atomic E-state index is 13.0. The summed E-state index contributed by atoms with van der Waals surface area (Å²) in [6.45, 7) is 0.0811. The normalized spacial score (nSPS) is 16.3. The summed E-state index contributed by atoms with van der Waals surface area (Å²) < 4.78 is 92.8. The van der Waals surface area contributed by atoms with Crippen LogP contribution < -0.4 is 10.0 Å². The number of rotatable bonds is 6. The topological polar surface area (TPSA) is 88.9 Å². The lowest BCUT2D eigenvalue weighted by Gasteiger charge is -2.13. The third-order valence-corrected chi connectivity index (χ3v) is 6.70. The Morgan fingerprint density at radius 2 is 1.94 bits per heavy atom. The highest BCUT2D eigenvalue weighted by molar-refractivity contribution is 7.89. The highest BCUT2D eigenvalue weighted by Crippen LogP contribution is 2.35. The SMILES string of the molecule is CNS(=O)(=O)c1ccc(Nc2ccc(C(F)(F)F)cn2)c(-c2cn3c(n2)CC(C(F)F)C3)c1. The monoisotopic (exact) mass is 487 g/mol. The molecule has 3 heterocycles. The molecule has 3 aromatic rings. The molecule has 2 aromatic heterocycles. The average molecular weight is 487 g/mol. The van der Waals surface area contributed by atoms with Crippen LogP contribution in [0.2, 0.25) is 0 Å². The quantitative estimate of drug-likeness (QED) is 0.512. The zero-order chi connectivity index (χ0) is 24.0. The Morgan fingerprint density at radius 3 is 2.52 bits per heavy atom. The summed E-state index contributed by atoms with van der Waals surface area (Å²) in [4.78, 5) is 8.10. The summed E-state index contributed by atoms with van der Waals surface area (Å²) in [6.07, 6.45) is -4.71. The van der Waals surface area contributed by atoms with Gasteiger partial charge in [0.25, 0.3) is 0 Å². The third kappa shape index (κ3) is 4.69. The number of hydrogen-bond donors (Lipinski definition) is 2. The van der Waals surface area contributed by atoms with E-state index in [-0.39, 0.29) is 23.7 Å². The molecule has 1 aliphatic heterocycles. The minimum Gasteiger partial charge on any atom is -0.340 e. The fraction of sp³-hybridized carbons (Fsp3) is 0.300. The van der Waals surface area contributed by atoms with Crippen LogP contribution in [-0.2, 0) is 29.2 Å². The van der Waals surface area contributed by atoms with E-state index in [2.05, 4.69) is 20.0 Å². The summed E-state index contributed by atoms with van der Waals surface area (Å²) in [7, 11) is -2.55. The molecule has 1 unspecified atom stereocenters. The molecule has 0 aliphatic carbocycles. The molecule has 1 atom stereocenters. The molecule has 13 heteroatoms. The second-order valence-electron chi connectivity index (χ2n) is 7.46. The number of alkyl halides is 5. The summed E-state index contributed by atoms with van der Waals surface area (Å²) >= 11 is 0. The second kappa shape index (κ2) is 8.37. The standard InChI is InChI=1S/C20H18F5N5O2S/c1-26-33(31,32)13-3-4-15(28-17-5-2-12(8-27-17)20(23,24)25)14(7-13)16-10-30-9-11(19(21)22)6-18(30)29-16/h2-5,7-8,10-11,19,26H,6,9H2,1H3,(H,27,28). The zero-order valence-electron chi connectivity index (χ0n) is 17.1. The van der Waals surface area contributed by atoms with E-state index >= 15 is 0 Å². The molecule has 0 fully saturated rings. The van der Waals surface area contributed by atoms with Crippen molar-refractivity contribution in [3.05, 3.63) is 54.1 Å². The largest absolute Gasteiger partial charge is 0.417 e. The van der Waals surface area contributed by atoms with Crippen LogP contribution in [0.15, 0.2) is 47.6 Å². The lowest BCUT2D eigenvalue weighted by Crippen LogP contribution is -2.18. The Labute approximate surface area is 185 Å². The van der Waals surface area contributed by atoms with Crippen LogP contribution in [0.25, 0.3) is 11.3 Å². The first-order valence-electron chi connectivity index (χ1n) is 9.70. The molecule has 0 saturated carbocycles. The van der Waals surface area contributed by atoms with Crippen molar-refractivity contribution in [2.75, 3.05) is 12.4 Å². The van der Waals surface area contributed by atoms with Crippen LogP contribution in [-0.4, -0.2) is 36.4 Å². The van der Waals surface area contributed by atoms with Gasteiger partial charge in [-0.25, -0.2) is 31.9 Å². The first-order valence-corrected chi connectivity index (χ1v) is 11.2. The molecule has 2 N–H and O–H groups in total. The third-order valence-electron chi connectivity index (χ3n) is 5.29. The van der Waals surface area contributed by atoms with E-state index in [1.807, 2.05) is 0 Å². The van der Waals surface area contributed by atoms with Crippen LogP contribution >= 0.6 is 0 Å². The van der Waals surface area contributed by atoms with Gasteiger partial charge in [0, 0.05) is 42.5 Å². The zero-order valence-corrected chi connectivity index (χ0v) is 17.9. The van der Waals surface area contributed by atoms with Crippen molar-refractivity contribution in [3.63, 3.8) is 0 Å². The van der Waals surface area contributed by atoms with E-state index in [0.29, 0.717) is 29.0 Å². The van der Waals surface area contributed by atoms with Crippen molar-refractivity contribution in [2.24, 2.45) is 5.92 Å². The molecule has 1 aliphatic rings. The van der Waals surface area contributed by atoms with Gasteiger partial charge in [-0.1, -0.05) is 0 Å². The van der Waals surface area contributed by atoms with Gasteiger partial charge >= 0.3 is 6.18 Å². The van der Waals surface area contributed by atoms with Crippen molar-refractivity contribution in [1.82, 2.24) is 19.3 Å². The van der Waals surface area contributed by atoms with Crippen LogP contribution in [0.1, 0.15) is 11.4 Å². The second-order valence-corrected chi connectivity index (χ2v) is 9.35. The lowest BCUT2D eigenvalue weighted by molar-refractivity contribution is -0.137. The van der Waals surface area contributed by atoms with Gasteiger partial charge in [-0.2, -0.15) is 13.2 Å². The number of halogens is 5. The van der Waals surface area contributed by atoms with Gasteiger partial charge in [0.2, 0.25) is 16.4 Å². The Kier molecular flexibility index (Phi) is 5.86. The van der Waals surface area contributed by atoms with Gasteiger partial charge in [-0.3, -0.25) is 0 Å². The van der Waals surface area contributed by atoms with Crippen molar-refractivity contribution in [1.29, 1.82) is 0 Å². The van der Waals surface area contributed by atoms with Crippen molar-refractivity contribution < 1.29 is 30.4 Å². The number of pyridine rings is 1. The summed E-state index contributed by atoms with van der Waals surface area (Å²) in [5.41, 5.74) is 0.0751. The van der Waals surface area contributed by atoms with Crippen LogP contribution in [0.4, 0.5) is 33.5 Å². The van der Waals surface area contributed by atoms with E-state index in [0.717, 1.165) is 12.1 Å². The maximum atomic E-state index is 13.0. The molecule has 0 spiro atoms. The van der Waals surface area contributed by atoms with Crippen molar-refractivity contribution in [3.8, 4) is 11.3 Å². The molecule has 4 rings (SSSR count). The van der Waals surface area contributed by atoms with E-state index in [1.54, 1.807) is 10.8 Å². The van der Waals surface area contributed by atoms with Gasteiger partial charge in [-0.05, 0) is 37.4 Å². The number of aromatic nitrogens is 3. The maximum Gasteiger partial charge on any atom is 0.417 e. The molecule has 0 bridgehead atoms. The first kappa shape index (κ1) is 23.1. The van der Waals surface area contributed by atoms with Crippen LogP contribution in [0.3, 0.4) is 0 Å². The van der Waals surface area contributed by atoms with Gasteiger partial charge in [-0.15, -0.1) is 0 Å². The Hall–Kier alpha value is -3.06. The van der Waals surface area contributed by atoms with E-state index in [1.165, 1.54) is 25.2 Å². The number of benzene rings is 1. The molecule has 0 amide bonds. The smallest absolute Gasteiger partial charge is 0.340 e. The molecule has 0 saturated heterocycles. The Balaban J connectivity index is 1.72. The Bertz CT molecular complexity index is 1250. The average Bonchev–Trinajstić information content (AvgIpc) is 3.33. The number of sulfonamides is 1. The predicted octanol–water partition coefficient (Wildman–Crippen LogP) is 4.05. The van der Waals surface area contributed by atoms with Gasteiger partial charge in [0.05, 0.1) is 16.2 Å². The molecule has 33 heavy (non-hydrogen) atoms. The number of fused-ring (bicyclic) bond motifs is 1. The van der Waals surface area contributed by atoms with E-state index in [4.69, 9.17) is 0 Å². The number of nitrogens with zero attached hydrogens (tertiary/aromatic N) is 3. The first-order chi connectivity index (χ1) is 15.5. The van der Waals surface area contributed by atoms with Crippen LogP contribution in [0.5, 0.6) is 0 Å². The van der Waals surface area contributed by atoms with Crippen molar-refractivity contribution in [2.45, 2.75) is 30.5 Å². The fourth-order valence-electron chi connectivity index (χ4n) is 3.53. The molecule has 7 nitrogen and oxygen atoms in total. The predicted molar refractivity (Wildman–Crippen MR) is 110 cm³/mol. The van der Waals surface area contributed by atoms with Crippen LogP contribution in [0, 0.1) is 5.92 Å². The fourth-order valence-corrected chi connectivity index (χ4v) is 4.28. The highest BCUT2D eigenvalue weighted by Gasteiger charge is 2.32. The van der Waals surface area contributed by atoms with E-state index in [9.17, 15) is 30.4 Å². The minimum atomic E-state index is -4.53. The van der Waals surface area contributed by atoms with E-state index < -0.39 is 34.1 Å². The van der Waals surface area contributed by atoms with Gasteiger partial charge in [0.1, 0.15) is 11.6 Å². The number of nitrogens with one attached hydrogen (secondary N) is 2. The van der Waals surface area contributed by atoms with Gasteiger partial charge in [0.15, 0.2) is 0 Å². The van der Waals surface area contributed by atoms with Crippen molar-refractivity contribution >= 4 is 21.5 Å². The molecular weight excluding hydrogens is 469 g/mol. The molecule has 0 radical (unpaired) electrons. The van der Waals surface area contributed by atoms with Gasteiger partial charge < -0.3 is 9.88 Å². The molecule has 176 valence electrons. The summed E-state index contributed by atoms with van der Waals surface area (Å²) in [5.74, 6) is -0.305. The Morgan fingerprint density at radius 1 is 1.18 bits per heavy atom.